The van der Waals surface area contributed by atoms with E-state index >= 15 is 0 Å². The smallest absolute Gasteiger partial charge is 0.308 e. The minimum atomic E-state index is -0.871. The molecule has 2 N–H and O–H groups in total. The number of hydrogen-bond acceptors (Lipinski definition) is 6. The monoisotopic (exact) mass is 458 g/mol. The summed E-state index contributed by atoms with van der Waals surface area (Å²) in [5.74, 6) is -0.431. The van der Waals surface area contributed by atoms with Gasteiger partial charge < -0.3 is 25.2 Å². The van der Waals surface area contributed by atoms with Crippen molar-refractivity contribution < 1.29 is 23.9 Å². The number of benzene rings is 1. The predicted molar refractivity (Wildman–Crippen MR) is 124 cm³/mol. The number of anilines is 1. The van der Waals surface area contributed by atoms with Crippen molar-refractivity contribution in [3.8, 4) is 0 Å². The normalized spacial score (nSPS) is 19.1. The zero-order valence-corrected chi connectivity index (χ0v) is 19.5. The van der Waals surface area contributed by atoms with Crippen molar-refractivity contribution in [1.29, 1.82) is 0 Å². The molecule has 9 nitrogen and oxygen atoms in total. The van der Waals surface area contributed by atoms with E-state index in [0.29, 0.717) is 36.7 Å². The maximum atomic E-state index is 12.8. The van der Waals surface area contributed by atoms with Gasteiger partial charge in [0, 0.05) is 37.4 Å². The van der Waals surface area contributed by atoms with Crippen LogP contribution in [0, 0.1) is 5.92 Å². The lowest BCUT2D eigenvalue weighted by molar-refractivity contribution is -0.151. The molecule has 0 bridgehead atoms. The van der Waals surface area contributed by atoms with Gasteiger partial charge in [-0.05, 0) is 49.4 Å². The fourth-order valence-corrected chi connectivity index (χ4v) is 4.05. The molecule has 180 valence electrons. The van der Waals surface area contributed by atoms with Gasteiger partial charge in [-0.2, -0.15) is 0 Å². The van der Waals surface area contributed by atoms with Crippen LogP contribution in [0.5, 0.6) is 0 Å². The summed E-state index contributed by atoms with van der Waals surface area (Å²) in [5, 5.41) is 5.75. The average molecular weight is 459 g/mol. The third-order valence-electron chi connectivity index (χ3n) is 6.12. The van der Waals surface area contributed by atoms with Crippen molar-refractivity contribution in [2.45, 2.75) is 45.6 Å². The van der Waals surface area contributed by atoms with Gasteiger partial charge in [-0.15, -0.1) is 0 Å². The number of nitrogens with zero attached hydrogens (tertiary/aromatic N) is 2. The number of piperazine rings is 1. The quantitative estimate of drug-likeness (QED) is 0.574. The molecule has 1 atom stereocenters. The second kappa shape index (κ2) is 11.7. The van der Waals surface area contributed by atoms with Crippen LogP contribution >= 0.6 is 0 Å². The first kappa shape index (κ1) is 24.5. The van der Waals surface area contributed by atoms with Crippen LogP contribution in [0.3, 0.4) is 0 Å². The lowest BCUT2D eigenvalue weighted by Crippen LogP contribution is -2.58. The van der Waals surface area contributed by atoms with Gasteiger partial charge in [0.1, 0.15) is 6.04 Å². The summed E-state index contributed by atoms with van der Waals surface area (Å²) in [6.07, 6.45) is 2.58. The fraction of sp³-hybridized carbons (Fsp3) is 0.583. The Kier molecular flexibility index (Phi) is 8.68. The summed E-state index contributed by atoms with van der Waals surface area (Å²) in [6, 6.07) is 6.19. The van der Waals surface area contributed by atoms with Crippen molar-refractivity contribution in [3.63, 3.8) is 0 Å². The van der Waals surface area contributed by atoms with E-state index < -0.39 is 12.0 Å². The number of carbonyl (C=O) groups excluding carboxylic acids is 4. The van der Waals surface area contributed by atoms with Crippen molar-refractivity contribution >= 4 is 29.4 Å². The molecule has 2 fully saturated rings. The van der Waals surface area contributed by atoms with Crippen LogP contribution in [0.15, 0.2) is 24.3 Å². The van der Waals surface area contributed by atoms with Gasteiger partial charge in [-0.1, -0.05) is 13.8 Å². The van der Waals surface area contributed by atoms with Crippen molar-refractivity contribution in [2.24, 2.45) is 5.92 Å². The molecule has 0 spiro atoms. The molecule has 2 saturated heterocycles. The van der Waals surface area contributed by atoms with E-state index in [9.17, 15) is 19.2 Å². The van der Waals surface area contributed by atoms with Crippen LogP contribution in [0.1, 0.15) is 49.9 Å². The molecule has 2 aliphatic heterocycles. The largest absolute Gasteiger partial charge is 0.466 e. The van der Waals surface area contributed by atoms with Crippen LogP contribution in [-0.2, 0) is 19.1 Å². The summed E-state index contributed by atoms with van der Waals surface area (Å²) < 4.78 is 5.08. The van der Waals surface area contributed by atoms with E-state index in [1.54, 1.807) is 24.3 Å². The van der Waals surface area contributed by atoms with Crippen molar-refractivity contribution in [3.05, 3.63) is 29.8 Å². The summed E-state index contributed by atoms with van der Waals surface area (Å²) in [7, 11) is 0. The van der Waals surface area contributed by atoms with E-state index in [4.69, 9.17) is 4.74 Å². The van der Waals surface area contributed by atoms with E-state index in [1.807, 2.05) is 11.8 Å². The number of rotatable bonds is 8. The van der Waals surface area contributed by atoms with Gasteiger partial charge in [0.25, 0.3) is 5.91 Å². The van der Waals surface area contributed by atoms with Gasteiger partial charge in [0.05, 0.1) is 19.6 Å². The molecule has 1 aromatic carbocycles. The minimum absolute atomic E-state index is 0.0227. The zero-order chi connectivity index (χ0) is 23.8. The molecule has 9 heteroatoms. The molecule has 0 aromatic heterocycles. The van der Waals surface area contributed by atoms with Crippen LogP contribution in [0.2, 0.25) is 0 Å². The first-order valence-electron chi connectivity index (χ1n) is 11.7. The molecule has 3 amide bonds. The van der Waals surface area contributed by atoms with Crippen molar-refractivity contribution in [1.82, 2.24) is 15.1 Å². The molecule has 0 radical (unpaired) electrons. The molecule has 0 saturated carbocycles. The van der Waals surface area contributed by atoms with E-state index in [2.05, 4.69) is 17.6 Å². The average Bonchev–Trinajstić information content (AvgIpc) is 2.83. The number of ether oxygens (including phenoxy) is 1. The van der Waals surface area contributed by atoms with E-state index in [1.165, 1.54) is 4.90 Å². The van der Waals surface area contributed by atoms with Gasteiger partial charge in [-0.3, -0.25) is 19.2 Å². The molecule has 33 heavy (non-hydrogen) atoms. The Labute approximate surface area is 194 Å². The lowest BCUT2D eigenvalue weighted by atomic mass is 9.98. The van der Waals surface area contributed by atoms with Crippen LogP contribution in [-0.4, -0.2) is 78.9 Å². The molecule has 1 aromatic rings. The van der Waals surface area contributed by atoms with Gasteiger partial charge in [0.2, 0.25) is 11.8 Å². The number of likely N-dealkylation sites (tertiary alicyclic amines) is 1. The molecule has 1 unspecified atom stereocenters. The molecule has 0 aliphatic carbocycles. The Bertz CT molecular complexity index is 849. The molecular weight excluding hydrogens is 424 g/mol. The first-order chi connectivity index (χ1) is 15.9. The number of amides is 3. The Morgan fingerprint density at radius 3 is 2.48 bits per heavy atom. The highest BCUT2D eigenvalue weighted by Crippen LogP contribution is 2.19. The SMILES string of the molecule is CCCOC(=O)CC1C(=O)NCCN1C(=O)CNc1ccc(C(=O)N2CCC(C)CC2)cc1. The maximum absolute atomic E-state index is 12.8. The predicted octanol–water partition coefficient (Wildman–Crippen LogP) is 1.64. The highest BCUT2D eigenvalue weighted by atomic mass is 16.5. The van der Waals surface area contributed by atoms with Crippen LogP contribution in [0.25, 0.3) is 0 Å². The molecule has 3 rings (SSSR count). The summed E-state index contributed by atoms with van der Waals surface area (Å²) in [6.45, 7) is 6.61. The highest BCUT2D eigenvalue weighted by molar-refractivity contribution is 5.95. The number of piperidine rings is 1. The van der Waals surface area contributed by atoms with E-state index in [-0.39, 0.29) is 37.3 Å². The minimum Gasteiger partial charge on any atom is -0.466 e. The second-order valence-electron chi connectivity index (χ2n) is 8.72. The third kappa shape index (κ3) is 6.69. The topological polar surface area (TPSA) is 108 Å². The molecule has 2 aliphatic rings. The summed E-state index contributed by atoms with van der Waals surface area (Å²) >= 11 is 0. The number of carbonyl (C=O) groups is 4. The molecule has 2 heterocycles. The van der Waals surface area contributed by atoms with Gasteiger partial charge in [-0.25, -0.2) is 0 Å². The van der Waals surface area contributed by atoms with Crippen molar-refractivity contribution in [2.75, 3.05) is 44.6 Å². The van der Waals surface area contributed by atoms with Gasteiger partial charge >= 0.3 is 5.97 Å². The summed E-state index contributed by atoms with van der Waals surface area (Å²) in [5.41, 5.74) is 1.33. The Hall–Kier alpha value is -3.10. The Balaban J connectivity index is 1.53. The molecular formula is C24H34N4O5. The van der Waals surface area contributed by atoms with Crippen LogP contribution < -0.4 is 10.6 Å². The number of esters is 1. The number of hydrogen-bond donors (Lipinski definition) is 2. The van der Waals surface area contributed by atoms with E-state index in [0.717, 1.165) is 25.9 Å². The standard InChI is InChI=1S/C24H34N4O5/c1-3-14-33-22(30)15-20-23(31)25-10-13-28(20)21(29)16-26-19-6-4-18(5-7-19)24(32)27-11-8-17(2)9-12-27/h4-7,17,20,26H,3,8-16H2,1-2H3,(H,25,31). The first-order valence-corrected chi connectivity index (χ1v) is 11.7. The lowest BCUT2D eigenvalue weighted by Gasteiger charge is -2.34. The second-order valence-corrected chi connectivity index (χ2v) is 8.72. The Morgan fingerprint density at radius 2 is 1.82 bits per heavy atom. The highest BCUT2D eigenvalue weighted by Gasteiger charge is 2.35. The van der Waals surface area contributed by atoms with Crippen LogP contribution in [0.4, 0.5) is 5.69 Å². The fourth-order valence-electron chi connectivity index (χ4n) is 4.05. The zero-order valence-electron chi connectivity index (χ0n) is 19.5. The summed E-state index contributed by atoms with van der Waals surface area (Å²) in [4.78, 5) is 53.1. The third-order valence-corrected chi connectivity index (χ3v) is 6.12. The maximum Gasteiger partial charge on any atom is 0.308 e. The number of nitrogens with one attached hydrogen (secondary N) is 2. The van der Waals surface area contributed by atoms with Gasteiger partial charge in [0.15, 0.2) is 0 Å². The Morgan fingerprint density at radius 1 is 1.12 bits per heavy atom.